The summed E-state index contributed by atoms with van der Waals surface area (Å²) < 4.78 is 18.9. The summed E-state index contributed by atoms with van der Waals surface area (Å²) >= 11 is 0. The summed E-state index contributed by atoms with van der Waals surface area (Å²) in [6.07, 6.45) is 0. The summed E-state index contributed by atoms with van der Waals surface area (Å²) in [5.74, 6) is 0.386. The smallest absolute Gasteiger partial charge is 0.0723 e. The summed E-state index contributed by atoms with van der Waals surface area (Å²) in [6.45, 7) is 1.77. The average Bonchev–Trinajstić information content (AvgIpc) is 2.06. The number of hydrogen-bond donors (Lipinski definition) is 1. The third kappa shape index (κ3) is 1.80. The molecule has 1 aromatic carbocycles. The van der Waals surface area contributed by atoms with Gasteiger partial charge in [-0.3, -0.25) is 0 Å². The van der Waals surface area contributed by atoms with Gasteiger partial charge in [-0.25, -0.2) is 8.99 Å². The fourth-order valence-electron chi connectivity index (χ4n) is 0.807. The molecule has 1 rings (SSSR count). The number of hydrogen-bond acceptors (Lipinski definition) is 2. The van der Waals surface area contributed by atoms with Crippen LogP contribution in [0.4, 0.5) is 0 Å². The standard InChI is InChI=1S/C8H11NOS/c1-2-11(9,10)8-6-4-3-5-7-8/h3-7,9H,2H2,1H3/t11-/m0/s1. The van der Waals surface area contributed by atoms with Gasteiger partial charge in [-0.2, -0.15) is 0 Å². The van der Waals surface area contributed by atoms with E-state index in [1.54, 1.807) is 31.2 Å². The lowest BCUT2D eigenvalue weighted by molar-refractivity contribution is 0.675. The summed E-state index contributed by atoms with van der Waals surface area (Å²) in [5.41, 5.74) is 0. The third-order valence-electron chi connectivity index (χ3n) is 1.53. The maximum atomic E-state index is 11.4. The lowest BCUT2D eigenvalue weighted by atomic mass is 10.4. The molecule has 1 atom stereocenters. The fraction of sp³-hybridized carbons (Fsp3) is 0.250. The van der Waals surface area contributed by atoms with E-state index < -0.39 is 9.73 Å². The maximum absolute atomic E-state index is 11.4. The van der Waals surface area contributed by atoms with Crippen molar-refractivity contribution in [1.29, 1.82) is 4.78 Å². The van der Waals surface area contributed by atoms with Crippen LogP contribution < -0.4 is 0 Å². The molecule has 3 heteroatoms. The Hall–Kier alpha value is -0.830. The molecule has 1 N–H and O–H groups in total. The summed E-state index contributed by atoms with van der Waals surface area (Å²) in [7, 11) is -2.50. The van der Waals surface area contributed by atoms with Gasteiger partial charge in [0.25, 0.3) is 0 Å². The highest BCUT2D eigenvalue weighted by Gasteiger charge is 2.04. The van der Waals surface area contributed by atoms with Gasteiger partial charge in [-0.15, -0.1) is 0 Å². The van der Waals surface area contributed by atoms with Gasteiger partial charge in [0.2, 0.25) is 0 Å². The van der Waals surface area contributed by atoms with Crippen LogP contribution >= 0.6 is 0 Å². The minimum absolute atomic E-state index is 0.386. The molecule has 0 fully saturated rings. The molecule has 0 unspecified atom stereocenters. The Kier molecular flexibility index (Phi) is 2.29. The van der Waals surface area contributed by atoms with Gasteiger partial charge >= 0.3 is 0 Å². The van der Waals surface area contributed by atoms with Crippen LogP contribution in [0.2, 0.25) is 0 Å². The molecule has 0 heterocycles. The van der Waals surface area contributed by atoms with Crippen molar-refractivity contribution < 1.29 is 4.21 Å². The Morgan fingerprint density at radius 1 is 1.36 bits per heavy atom. The average molecular weight is 169 g/mol. The summed E-state index contributed by atoms with van der Waals surface area (Å²) in [5, 5.41) is 0. The van der Waals surface area contributed by atoms with Crippen LogP contribution in [0.3, 0.4) is 0 Å². The first-order chi connectivity index (χ1) is 5.17. The van der Waals surface area contributed by atoms with Gasteiger partial charge in [0.05, 0.1) is 9.73 Å². The minimum atomic E-state index is -2.50. The van der Waals surface area contributed by atoms with Crippen molar-refractivity contribution in [2.75, 3.05) is 5.75 Å². The molecule has 0 spiro atoms. The maximum Gasteiger partial charge on any atom is 0.0723 e. The number of benzene rings is 1. The first-order valence-electron chi connectivity index (χ1n) is 3.48. The van der Waals surface area contributed by atoms with E-state index >= 15 is 0 Å². The molecule has 60 valence electrons. The second kappa shape index (κ2) is 3.05. The quantitative estimate of drug-likeness (QED) is 0.723. The third-order valence-corrected chi connectivity index (χ3v) is 3.38. The van der Waals surface area contributed by atoms with E-state index in [1.807, 2.05) is 6.07 Å². The Morgan fingerprint density at radius 2 is 1.91 bits per heavy atom. The second-order valence-corrected chi connectivity index (χ2v) is 4.68. The van der Waals surface area contributed by atoms with Gasteiger partial charge in [-0.05, 0) is 12.1 Å². The van der Waals surface area contributed by atoms with Crippen LogP contribution in [0.1, 0.15) is 6.92 Å². The van der Waals surface area contributed by atoms with Crippen LogP contribution in [-0.4, -0.2) is 9.96 Å². The van der Waals surface area contributed by atoms with E-state index in [-0.39, 0.29) is 0 Å². The van der Waals surface area contributed by atoms with E-state index in [0.717, 1.165) is 0 Å². The zero-order valence-corrected chi connectivity index (χ0v) is 7.23. The van der Waals surface area contributed by atoms with Gasteiger partial charge in [0, 0.05) is 10.6 Å². The van der Waals surface area contributed by atoms with E-state index in [0.29, 0.717) is 10.6 Å². The minimum Gasteiger partial charge on any atom is -0.249 e. The highest BCUT2D eigenvalue weighted by atomic mass is 32.2. The molecular formula is C8H11NOS. The molecule has 11 heavy (non-hydrogen) atoms. The first-order valence-corrected chi connectivity index (χ1v) is 5.21. The molecule has 0 aromatic heterocycles. The van der Waals surface area contributed by atoms with Crippen LogP contribution in [0.5, 0.6) is 0 Å². The zero-order valence-electron chi connectivity index (χ0n) is 6.41. The Labute approximate surface area is 67.2 Å². The van der Waals surface area contributed by atoms with Crippen molar-refractivity contribution in [3.05, 3.63) is 30.3 Å². The van der Waals surface area contributed by atoms with Crippen LogP contribution in [0.15, 0.2) is 35.2 Å². The zero-order chi connectivity index (χ0) is 8.32. The molecule has 0 radical (unpaired) electrons. The molecular weight excluding hydrogens is 158 g/mol. The van der Waals surface area contributed by atoms with Crippen LogP contribution in [0, 0.1) is 4.78 Å². The highest BCUT2D eigenvalue weighted by Crippen LogP contribution is 2.09. The van der Waals surface area contributed by atoms with Crippen molar-refractivity contribution in [3.8, 4) is 0 Å². The van der Waals surface area contributed by atoms with Gasteiger partial charge < -0.3 is 0 Å². The predicted octanol–water partition coefficient (Wildman–Crippen LogP) is 2.11. The van der Waals surface area contributed by atoms with Gasteiger partial charge in [0.1, 0.15) is 0 Å². The topological polar surface area (TPSA) is 40.9 Å². The van der Waals surface area contributed by atoms with E-state index in [2.05, 4.69) is 0 Å². The summed E-state index contributed by atoms with van der Waals surface area (Å²) in [6, 6.07) is 8.94. The van der Waals surface area contributed by atoms with Crippen molar-refractivity contribution >= 4 is 9.73 Å². The molecule has 0 aliphatic carbocycles. The molecule has 0 aliphatic rings. The molecule has 0 saturated carbocycles. The van der Waals surface area contributed by atoms with Crippen molar-refractivity contribution in [3.63, 3.8) is 0 Å². The fourth-order valence-corrected chi connectivity index (χ4v) is 1.74. The second-order valence-electron chi connectivity index (χ2n) is 2.28. The Morgan fingerprint density at radius 3 is 2.36 bits per heavy atom. The SMILES string of the molecule is CC[S@](=N)(=O)c1ccccc1. The monoisotopic (exact) mass is 169 g/mol. The first kappa shape index (κ1) is 8.27. The van der Waals surface area contributed by atoms with E-state index in [9.17, 15) is 4.21 Å². The van der Waals surface area contributed by atoms with Crippen molar-refractivity contribution in [2.24, 2.45) is 0 Å². The van der Waals surface area contributed by atoms with Gasteiger partial charge in [-0.1, -0.05) is 25.1 Å². The Balaban J connectivity index is 3.14. The largest absolute Gasteiger partial charge is 0.249 e. The van der Waals surface area contributed by atoms with Crippen molar-refractivity contribution in [2.45, 2.75) is 11.8 Å². The lowest BCUT2D eigenvalue weighted by Gasteiger charge is -2.02. The highest BCUT2D eigenvalue weighted by molar-refractivity contribution is 7.92. The van der Waals surface area contributed by atoms with E-state index in [1.165, 1.54) is 0 Å². The molecule has 0 aliphatic heterocycles. The lowest BCUT2D eigenvalue weighted by Crippen LogP contribution is -2.00. The van der Waals surface area contributed by atoms with Crippen LogP contribution in [0.25, 0.3) is 0 Å². The molecule has 1 aromatic rings. The normalized spacial score (nSPS) is 15.7. The predicted molar refractivity (Wildman–Crippen MR) is 46.1 cm³/mol. The number of nitrogens with one attached hydrogen (secondary N) is 1. The molecule has 2 nitrogen and oxygen atoms in total. The summed E-state index contributed by atoms with van der Waals surface area (Å²) in [4.78, 5) is 0.627. The molecule has 0 saturated heterocycles. The van der Waals surface area contributed by atoms with Gasteiger partial charge in [0.15, 0.2) is 0 Å². The van der Waals surface area contributed by atoms with Crippen LogP contribution in [-0.2, 0) is 9.73 Å². The molecule has 0 bridgehead atoms. The number of rotatable bonds is 2. The molecule has 0 amide bonds. The Bertz CT molecular complexity index is 315. The van der Waals surface area contributed by atoms with Crippen molar-refractivity contribution in [1.82, 2.24) is 0 Å². The van der Waals surface area contributed by atoms with E-state index in [4.69, 9.17) is 4.78 Å².